The zero-order valence-corrected chi connectivity index (χ0v) is 16.7. The molecule has 154 valence electrons. The predicted octanol–water partition coefficient (Wildman–Crippen LogP) is 3.49. The van der Waals surface area contributed by atoms with Gasteiger partial charge in [-0.1, -0.05) is 23.2 Å². The van der Waals surface area contributed by atoms with Gasteiger partial charge in [0, 0.05) is 40.1 Å². The van der Waals surface area contributed by atoms with Crippen LogP contribution in [0, 0.1) is 10.1 Å². The van der Waals surface area contributed by atoms with Crippen molar-refractivity contribution in [2.45, 2.75) is 13.0 Å². The van der Waals surface area contributed by atoms with Gasteiger partial charge in [-0.2, -0.15) is 0 Å². The van der Waals surface area contributed by atoms with Gasteiger partial charge in [0.1, 0.15) is 0 Å². The Kier molecular flexibility index (Phi) is 7.77. The Labute approximate surface area is 175 Å². The molecule has 2 aromatic carbocycles. The summed E-state index contributed by atoms with van der Waals surface area (Å²) in [7, 11) is 0. The maximum Gasteiger partial charge on any atom is 0.341 e. The minimum atomic E-state index is -1.22. The third-order valence-electron chi connectivity index (χ3n) is 3.64. The summed E-state index contributed by atoms with van der Waals surface area (Å²) in [6.07, 6.45) is -1.22. The van der Waals surface area contributed by atoms with E-state index in [1.165, 1.54) is 37.3 Å². The van der Waals surface area contributed by atoms with Crippen LogP contribution < -0.4 is 10.6 Å². The van der Waals surface area contributed by atoms with E-state index in [2.05, 4.69) is 10.6 Å². The standard InChI is InChI=1S/C18H17Cl2N3O6/c1-10(17(25)22-13-7-11(19)6-12(20)8-13)29-18(26)15-9-14(23(27)28)2-3-16(15)21-4-5-24/h2-3,6-10,21,24H,4-5H2,1H3,(H,22,25)/t10-/m0/s1. The number of rotatable bonds is 8. The first-order valence-electron chi connectivity index (χ1n) is 8.32. The molecule has 3 N–H and O–H groups in total. The summed E-state index contributed by atoms with van der Waals surface area (Å²) in [6.45, 7) is 1.24. The molecule has 1 amide bonds. The lowest BCUT2D eigenvalue weighted by molar-refractivity contribution is -0.384. The number of nitro groups is 1. The lowest BCUT2D eigenvalue weighted by atomic mass is 10.1. The van der Waals surface area contributed by atoms with Crippen LogP contribution in [0.5, 0.6) is 0 Å². The Bertz CT molecular complexity index is 918. The summed E-state index contributed by atoms with van der Waals surface area (Å²) in [5, 5.41) is 25.8. The van der Waals surface area contributed by atoms with Crippen molar-refractivity contribution in [2.75, 3.05) is 23.8 Å². The van der Waals surface area contributed by atoms with Gasteiger partial charge in [0.15, 0.2) is 6.10 Å². The number of amides is 1. The van der Waals surface area contributed by atoms with Crippen LogP contribution in [0.3, 0.4) is 0 Å². The Morgan fingerprint density at radius 1 is 1.21 bits per heavy atom. The molecule has 0 fully saturated rings. The molecular formula is C18H17Cl2N3O6. The third kappa shape index (κ3) is 6.31. The van der Waals surface area contributed by atoms with E-state index in [1.807, 2.05) is 0 Å². The van der Waals surface area contributed by atoms with Gasteiger partial charge in [0.05, 0.1) is 17.1 Å². The highest BCUT2D eigenvalue weighted by Gasteiger charge is 2.23. The number of hydrogen-bond acceptors (Lipinski definition) is 7. The van der Waals surface area contributed by atoms with Gasteiger partial charge in [-0.15, -0.1) is 0 Å². The number of carbonyl (C=O) groups is 2. The van der Waals surface area contributed by atoms with Gasteiger partial charge in [0.25, 0.3) is 11.6 Å². The predicted molar refractivity (Wildman–Crippen MR) is 109 cm³/mol. The van der Waals surface area contributed by atoms with Crippen LogP contribution in [0.2, 0.25) is 10.0 Å². The van der Waals surface area contributed by atoms with Gasteiger partial charge in [-0.25, -0.2) is 4.79 Å². The first kappa shape index (κ1) is 22.4. The van der Waals surface area contributed by atoms with E-state index in [9.17, 15) is 19.7 Å². The number of benzene rings is 2. The van der Waals surface area contributed by atoms with Crippen LogP contribution in [-0.4, -0.2) is 41.2 Å². The number of nitrogens with zero attached hydrogens (tertiary/aromatic N) is 1. The molecule has 0 heterocycles. The number of carbonyl (C=O) groups excluding carboxylic acids is 2. The minimum Gasteiger partial charge on any atom is -0.449 e. The fourth-order valence-electron chi connectivity index (χ4n) is 2.31. The molecule has 9 nitrogen and oxygen atoms in total. The molecule has 0 aromatic heterocycles. The fourth-order valence-corrected chi connectivity index (χ4v) is 2.83. The Balaban J connectivity index is 2.15. The van der Waals surface area contributed by atoms with Gasteiger partial charge in [0.2, 0.25) is 0 Å². The van der Waals surface area contributed by atoms with Crippen molar-refractivity contribution in [3.63, 3.8) is 0 Å². The quantitative estimate of drug-likeness (QED) is 0.324. The third-order valence-corrected chi connectivity index (χ3v) is 4.08. The first-order chi connectivity index (χ1) is 13.7. The first-order valence-corrected chi connectivity index (χ1v) is 9.08. The van der Waals surface area contributed by atoms with E-state index in [4.69, 9.17) is 33.0 Å². The average Bonchev–Trinajstić information content (AvgIpc) is 2.65. The molecule has 0 aliphatic rings. The second-order valence-corrected chi connectivity index (χ2v) is 6.71. The average molecular weight is 442 g/mol. The number of anilines is 2. The van der Waals surface area contributed by atoms with E-state index in [0.717, 1.165) is 6.07 Å². The smallest absolute Gasteiger partial charge is 0.341 e. The number of aliphatic hydroxyl groups is 1. The molecular weight excluding hydrogens is 425 g/mol. The fraction of sp³-hybridized carbons (Fsp3) is 0.222. The largest absolute Gasteiger partial charge is 0.449 e. The number of nitrogens with one attached hydrogen (secondary N) is 2. The molecule has 0 saturated carbocycles. The summed E-state index contributed by atoms with van der Waals surface area (Å²) in [5.41, 5.74) is 0.0789. The molecule has 0 aliphatic heterocycles. The molecule has 11 heteroatoms. The van der Waals surface area contributed by atoms with Crippen LogP contribution in [-0.2, 0) is 9.53 Å². The van der Waals surface area contributed by atoms with E-state index >= 15 is 0 Å². The number of aliphatic hydroxyl groups excluding tert-OH is 1. The van der Waals surface area contributed by atoms with Crippen molar-refractivity contribution in [2.24, 2.45) is 0 Å². The molecule has 2 aromatic rings. The Morgan fingerprint density at radius 3 is 2.45 bits per heavy atom. The maximum atomic E-state index is 12.5. The van der Waals surface area contributed by atoms with E-state index in [1.54, 1.807) is 0 Å². The highest BCUT2D eigenvalue weighted by atomic mass is 35.5. The number of halogens is 2. The molecule has 0 saturated heterocycles. The van der Waals surface area contributed by atoms with E-state index in [-0.39, 0.29) is 30.1 Å². The van der Waals surface area contributed by atoms with Crippen LogP contribution in [0.15, 0.2) is 36.4 Å². The maximum absolute atomic E-state index is 12.5. The van der Waals surface area contributed by atoms with Crippen LogP contribution in [0.4, 0.5) is 17.1 Å². The van der Waals surface area contributed by atoms with Gasteiger partial charge in [-0.3, -0.25) is 14.9 Å². The number of non-ortho nitro benzene ring substituents is 1. The summed E-state index contributed by atoms with van der Waals surface area (Å²) in [5.74, 6) is -1.59. The second kappa shape index (κ2) is 10.1. The van der Waals surface area contributed by atoms with E-state index < -0.39 is 22.9 Å². The van der Waals surface area contributed by atoms with Crippen LogP contribution in [0.25, 0.3) is 0 Å². The SMILES string of the molecule is C[C@H](OC(=O)c1cc([N+](=O)[O-])ccc1NCCO)C(=O)Nc1cc(Cl)cc(Cl)c1. The Morgan fingerprint density at radius 2 is 1.86 bits per heavy atom. The van der Waals surface area contributed by atoms with Crippen molar-refractivity contribution in [3.05, 3.63) is 62.1 Å². The molecule has 0 spiro atoms. The Hall–Kier alpha value is -2.88. The summed E-state index contributed by atoms with van der Waals surface area (Å²) >= 11 is 11.8. The van der Waals surface area contributed by atoms with Crippen molar-refractivity contribution in [1.82, 2.24) is 0 Å². The molecule has 0 radical (unpaired) electrons. The summed E-state index contributed by atoms with van der Waals surface area (Å²) in [6, 6.07) is 7.99. The summed E-state index contributed by atoms with van der Waals surface area (Å²) < 4.78 is 5.14. The number of hydrogen-bond donors (Lipinski definition) is 3. The molecule has 2 rings (SSSR count). The topological polar surface area (TPSA) is 131 Å². The minimum absolute atomic E-state index is 0.115. The van der Waals surface area contributed by atoms with Crippen molar-refractivity contribution >= 4 is 52.1 Å². The molecule has 0 aliphatic carbocycles. The lowest BCUT2D eigenvalue weighted by Gasteiger charge is -2.16. The van der Waals surface area contributed by atoms with Gasteiger partial charge >= 0.3 is 5.97 Å². The zero-order chi connectivity index (χ0) is 21.6. The summed E-state index contributed by atoms with van der Waals surface area (Å²) in [4.78, 5) is 35.1. The normalized spacial score (nSPS) is 11.4. The second-order valence-electron chi connectivity index (χ2n) is 5.83. The number of nitro benzene ring substituents is 1. The molecule has 29 heavy (non-hydrogen) atoms. The monoisotopic (exact) mass is 441 g/mol. The van der Waals surface area contributed by atoms with Crippen molar-refractivity contribution < 1.29 is 24.4 Å². The van der Waals surface area contributed by atoms with Gasteiger partial charge < -0.3 is 20.5 Å². The number of ether oxygens (including phenoxy) is 1. The molecule has 0 unspecified atom stereocenters. The number of esters is 1. The van der Waals surface area contributed by atoms with Gasteiger partial charge in [-0.05, 0) is 31.2 Å². The highest BCUT2D eigenvalue weighted by molar-refractivity contribution is 6.35. The highest BCUT2D eigenvalue weighted by Crippen LogP contribution is 2.25. The lowest BCUT2D eigenvalue weighted by Crippen LogP contribution is -2.30. The van der Waals surface area contributed by atoms with Crippen molar-refractivity contribution in [1.29, 1.82) is 0 Å². The molecule has 1 atom stereocenters. The zero-order valence-electron chi connectivity index (χ0n) is 15.1. The van der Waals surface area contributed by atoms with Crippen LogP contribution in [0.1, 0.15) is 17.3 Å². The van der Waals surface area contributed by atoms with E-state index in [0.29, 0.717) is 15.7 Å². The van der Waals surface area contributed by atoms with Crippen LogP contribution >= 0.6 is 23.2 Å². The molecule has 0 bridgehead atoms. The van der Waals surface area contributed by atoms with Crippen molar-refractivity contribution in [3.8, 4) is 0 Å².